The van der Waals surface area contributed by atoms with Crippen LogP contribution in [0.1, 0.15) is 48.9 Å². The molecule has 0 spiro atoms. The molecule has 0 heterocycles. The van der Waals surface area contributed by atoms with Gasteiger partial charge in [0.15, 0.2) is 0 Å². The van der Waals surface area contributed by atoms with Gasteiger partial charge in [-0.3, -0.25) is 9.59 Å². The maximum Gasteiger partial charge on any atom is 0.242 e. The van der Waals surface area contributed by atoms with E-state index in [0.29, 0.717) is 25.8 Å². The van der Waals surface area contributed by atoms with Crippen LogP contribution in [0.15, 0.2) is 48.5 Å². The number of amides is 2. The van der Waals surface area contributed by atoms with Crippen molar-refractivity contribution in [2.75, 3.05) is 7.05 Å². The SMILES string of the molecule is CCc1ccc(CCC(=O)N(Cc2ccc(C)cc2)C(CC)C(=O)NC)cc1. The average molecular weight is 381 g/mol. The van der Waals surface area contributed by atoms with E-state index >= 15 is 0 Å². The number of hydrogen-bond acceptors (Lipinski definition) is 2. The van der Waals surface area contributed by atoms with E-state index in [9.17, 15) is 9.59 Å². The predicted octanol–water partition coefficient (Wildman–Crippen LogP) is 4.04. The Morgan fingerprint density at radius 2 is 1.50 bits per heavy atom. The van der Waals surface area contributed by atoms with Crippen molar-refractivity contribution >= 4 is 11.8 Å². The second-order valence-corrected chi connectivity index (χ2v) is 7.22. The topological polar surface area (TPSA) is 49.4 Å². The van der Waals surface area contributed by atoms with Crippen LogP contribution in [0.2, 0.25) is 0 Å². The van der Waals surface area contributed by atoms with Gasteiger partial charge in [-0.1, -0.05) is 67.9 Å². The first kappa shape index (κ1) is 21.7. The minimum absolute atomic E-state index is 0.00981. The highest BCUT2D eigenvalue weighted by molar-refractivity contribution is 5.87. The summed E-state index contributed by atoms with van der Waals surface area (Å²) in [5.41, 5.74) is 4.65. The maximum atomic E-state index is 13.1. The lowest BCUT2D eigenvalue weighted by Gasteiger charge is -2.30. The van der Waals surface area contributed by atoms with Gasteiger partial charge in [0.05, 0.1) is 0 Å². The van der Waals surface area contributed by atoms with Crippen LogP contribution < -0.4 is 5.32 Å². The number of nitrogens with one attached hydrogen (secondary N) is 1. The lowest BCUT2D eigenvalue weighted by Crippen LogP contribution is -2.48. The summed E-state index contributed by atoms with van der Waals surface area (Å²) < 4.78 is 0. The van der Waals surface area contributed by atoms with Crippen molar-refractivity contribution in [1.29, 1.82) is 0 Å². The van der Waals surface area contributed by atoms with Crippen LogP contribution in [0.3, 0.4) is 0 Å². The molecule has 0 bridgehead atoms. The number of carbonyl (C=O) groups is 2. The molecule has 4 nitrogen and oxygen atoms in total. The van der Waals surface area contributed by atoms with Gasteiger partial charge >= 0.3 is 0 Å². The van der Waals surface area contributed by atoms with Crippen LogP contribution in [0, 0.1) is 6.92 Å². The van der Waals surface area contributed by atoms with Crippen LogP contribution >= 0.6 is 0 Å². The first-order valence-electron chi connectivity index (χ1n) is 10.1. The number of likely N-dealkylation sites (N-methyl/N-ethyl adjacent to an activating group) is 1. The van der Waals surface area contributed by atoms with Crippen molar-refractivity contribution in [3.63, 3.8) is 0 Å². The van der Waals surface area contributed by atoms with Crippen LogP contribution in [-0.2, 0) is 29.0 Å². The number of benzene rings is 2. The fourth-order valence-corrected chi connectivity index (χ4v) is 3.31. The van der Waals surface area contributed by atoms with Crippen LogP contribution in [0.25, 0.3) is 0 Å². The Morgan fingerprint density at radius 3 is 2.04 bits per heavy atom. The molecule has 1 N–H and O–H groups in total. The number of hydrogen-bond donors (Lipinski definition) is 1. The second kappa shape index (κ2) is 10.6. The molecule has 2 aromatic carbocycles. The molecular weight excluding hydrogens is 348 g/mol. The Balaban J connectivity index is 2.14. The molecule has 2 amide bonds. The summed E-state index contributed by atoms with van der Waals surface area (Å²) in [6, 6.07) is 16.1. The largest absolute Gasteiger partial charge is 0.357 e. The van der Waals surface area contributed by atoms with Gasteiger partial charge in [-0.15, -0.1) is 0 Å². The maximum absolute atomic E-state index is 13.1. The molecule has 1 unspecified atom stereocenters. The summed E-state index contributed by atoms with van der Waals surface area (Å²) in [6.07, 6.45) is 2.67. The summed E-state index contributed by atoms with van der Waals surface area (Å²) in [4.78, 5) is 27.2. The zero-order valence-corrected chi connectivity index (χ0v) is 17.5. The van der Waals surface area contributed by atoms with Gasteiger partial charge in [0.1, 0.15) is 6.04 Å². The first-order chi connectivity index (χ1) is 13.5. The molecule has 0 aliphatic rings. The standard InChI is InChI=1S/C24H32N2O2/c1-5-19-11-13-20(14-12-19)15-16-23(27)26(22(6-2)24(28)25-4)17-21-9-7-18(3)8-10-21/h7-14,22H,5-6,15-17H2,1-4H3,(H,25,28). The molecule has 0 saturated heterocycles. The normalized spacial score (nSPS) is 11.7. The van der Waals surface area contributed by atoms with Crippen molar-refractivity contribution in [2.24, 2.45) is 0 Å². The van der Waals surface area contributed by atoms with Gasteiger partial charge in [0.25, 0.3) is 0 Å². The van der Waals surface area contributed by atoms with E-state index in [-0.39, 0.29) is 11.8 Å². The predicted molar refractivity (Wildman–Crippen MR) is 114 cm³/mol. The van der Waals surface area contributed by atoms with Crippen molar-refractivity contribution in [2.45, 2.75) is 59.0 Å². The quantitative estimate of drug-likeness (QED) is 0.714. The molecule has 0 saturated carbocycles. The summed E-state index contributed by atoms with van der Waals surface area (Å²) in [6.45, 7) is 6.56. The minimum Gasteiger partial charge on any atom is -0.357 e. The number of rotatable bonds is 9. The molecule has 0 aliphatic carbocycles. The Morgan fingerprint density at radius 1 is 0.929 bits per heavy atom. The molecule has 150 valence electrons. The highest BCUT2D eigenvalue weighted by Gasteiger charge is 2.27. The molecule has 2 rings (SSSR count). The van der Waals surface area contributed by atoms with E-state index in [2.05, 4.69) is 36.5 Å². The molecule has 28 heavy (non-hydrogen) atoms. The molecule has 0 radical (unpaired) electrons. The molecule has 0 fully saturated rings. The smallest absolute Gasteiger partial charge is 0.242 e. The molecule has 1 atom stereocenters. The van der Waals surface area contributed by atoms with E-state index in [1.807, 2.05) is 38.1 Å². The van der Waals surface area contributed by atoms with Crippen molar-refractivity contribution in [3.05, 3.63) is 70.8 Å². The average Bonchev–Trinajstić information content (AvgIpc) is 2.73. The summed E-state index contributed by atoms with van der Waals surface area (Å²) in [5.74, 6) is -0.106. The van der Waals surface area contributed by atoms with Crippen molar-refractivity contribution < 1.29 is 9.59 Å². The zero-order valence-electron chi connectivity index (χ0n) is 17.5. The van der Waals surface area contributed by atoms with E-state index in [0.717, 1.165) is 17.5 Å². The number of nitrogens with zero attached hydrogens (tertiary/aromatic N) is 1. The summed E-state index contributed by atoms with van der Waals surface area (Å²) in [7, 11) is 1.62. The summed E-state index contributed by atoms with van der Waals surface area (Å²) >= 11 is 0. The molecule has 0 aliphatic heterocycles. The van der Waals surface area contributed by atoms with Crippen molar-refractivity contribution in [1.82, 2.24) is 10.2 Å². The zero-order chi connectivity index (χ0) is 20.5. The molecule has 0 aromatic heterocycles. The number of aryl methyl sites for hydroxylation is 3. The third-order valence-corrected chi connectivity index (χ3v) is 5.16. The fraction of sp³-hybridized carbons (Fsp3) is 0.417. The third kappa shape index (κ3) is 5.95. The van der Waals surface area contributed by atoms with E-state index < -0.39 is 6.04 Å². The van der Waals surface area contributed by atoms with Gasteiger partial charge < -0.3 is 10.2 Å². The van der Waals surface area contributed by atoms with Gasteiger partial charge in [0.2, 0.25) is 11.8 Å². The van der Waals surface area contributed by atoms with Gasteiger partial charge in [-0.05, 0) is 42.9 Å². The summed E-state index contributed by atoms with van der Waals surface area (Å²) in [5, 5.41) is 2.70. The highest BCUT2D eigenvalue weighted by Crippen LogP contribution is 2.16. The Labute approximate surface area is 169 Å². The first-order valence-corrected chi connectivity index (χ1v) is 10.1. The molecule has 2 aromatic rings. The monoisotopic (exact) mass is 380 g/mol. The molecule has 4 heteroatoms. The minimum atomic E-state index is -0.457. The van der Waals surface area contributed by atoms with Crippen LogP contribution in [0.5, 0.6) is 0 Å². The second-order valence-electron chi connectivity index (χ2n) is 7.22. The van der Waals surface area contributed by atoms with Gasteiger partial charge in [-0.2, -0.15) is 0 Å². The van der Waals surface area contributed by atoms with Gasteiger partial charge in [-0.25, -0.2) is 0 Å². The van der Waals surface area contributed by atoms with E-state index in [1.54, 1.807) is 11.9 Å². The van der Waals surface area contributed by atoms with Crippen LogP contribution in [-0.4, -0.2) is 29.8 Å². The van der Waals surface area contributed by atoms with Crippen LogP contribution in [0.4, 0.5) is 0 Å². The lowest BCUT2D eigenvalue weighted by molar-refractivity contribution is -0.141. The highest BCUT2D eigenvalue weighted by atomic mass is 16.2. The third-order valence-electron chi connectivity index (χ3n) is 5.16. The Kier molecular flexibility index (Phi) is 8.24. The number of carbonyl (C=O) groups excluding carboxylic acids is 2. The molecular formula is C24H32N2O2. The van der Waals surface area contributed by atoms with Gasteiger partial charge in [0, 0.05) is 20.0 Å². The Bertz CT molecular complexity index is 766. The van der Waals surface area contributed by atoms with E-state index in [1.165, 1.54) is 11.1 Å². The lowest BCUT2D eigenvalue weighted by atomic mass is 10.0. The fourth-order valence-electron chi connectivity index (χ4n) is 3.31. The Hall–Kier alpha value is -2.62. The van der Waals surface area contributed by atoms with Crippen molar-refractivity contribution in [3.8, 4) is 0 Å². The van der Waals surface area contributed by atoms with E-state index in [4.69, 9.17) is 0 Å².